The SMILES string of the molecule is O=C(NCCCNCc1cccnc1)Oc1ccccc1. The monoisotopic (exact) mass is 285 g/mol. The van der Waals surface area contributed by atoms with Gasteiger partial charge in [0.15, 0.2) is 0 Å². The first kappa shape index (κ1) is 15.0. The number of rotatable bonds is 7. The van der Waals surface area contributed by atoms with Crippen molar-refractivity contribution in [1.82, 2.24) is 15.6 Å². The Hall–Kier alpha value is -2.40. The molecule has 0 aliphatic heterocycles. The summed E-state index contributed by atoms with van der Waals surface area (Å²) in [6.07, 6.45) is 4.01. The first-order valence-electron chi connectivity index (χ1n) is 6.95. The van der Waals surface area contributed by atoms with Crippen molar-refractivity contribution in [2.24, 2.45) is 0 Å². The lowest BCUT2D eigenvalue weighted by atomic mass is 10.3. The summed E-state index contributed by atoms with van der Waals surface area (Å²) in [5.41, 5.74) is 1.15. The minimum absolute atomic E-state index is 0.423. The Morgan fingerprint density at radius 3 is 2.71 bits per heavy atom. The number of nitrogens with zero attached hydrogens (tertiary/aromatic N) is 1. The zero-order valence-corrected chi connectivity index (χ0v) is 11.8. The number of ether oxygens (including phenoxy) is 1. The van der Waals surface area contributed by atoms with Gasteiger partial charge in [-0.05, 0) is 36.7 Å². The maximum absolute atomic E-state index is 11.5. The molecule has 0 unspecified atom stereocenters. The molecule has 0 radical (unpaired) electrons. The number of benzene rings is 1. The number of nitrogens with one attached hydrogen (secondary N) is 2. The van der Waals surface area contributed by atoms with Crippen LogP contribution in [0.1, 0.15) is 12.0 Å². The van der Waals surface area contributed by atoms with Crippen LogP contribution in [0.2, 0.25) is 0 Å². The van der Waals surface area contributed by atoms with Crippen molar-refractivity contribution >= 4 is 6.09 Å². The molecule has 1 amide bonds. The minimum Gasteiger partial charge on any atom is -0.410 e. The van der Waals surface area contributed by atoms with E-state index in [1.54, 1.807) is 18.3 Å². The molecular weight excluding hydrogens is 266 g/mol. The van der Waals surface area contributed by atoms with Crippen LogP contribution >= 0.6 is 0 Å². The Kier molecular flexibility index (Phi) is 6.22. The summed E-state index contributed by atoms with van der Waals surface area (Å²) in [5, 5.41) is 6.01. The molecule has 0 spiro atoms. The van der Waals surface area contributed by atoms with Gasteiger partial charge >= 0.3 is 6.09 Å². The Balaban J connectivity index is 1.52. The molecule has 0 atom stereocenters. The molecule has 110 valence electrons. The van der Waals surface area contributed by atoms with Crippen LogP contribution in [-0.4, -0.2) is 24.2 Å². The van der Waals surface area contributed by atoms with E-state index in [2.05, 4.69) is 15.6 Å². The predicted octanol–water partition coefficient (Wildman–Crippen LogP) is 2.35. The molecule has 2 N–H and O–H groups in total. The smallest absolute Gasteiger partial charge is 0.410 e. The van der Waals surface area contributed by atoms with Crippen molar-refractivity contribution in [3.05, 3.63) is 60.4 Å². The molecule has 0 aliphatic carbocycles. The van der Waals surface area contributed by atoms with Gasteiger partial charge in [0.1, 0.15) is 5.75 Å². The highest BCUT2D eigenvalue weighted by molar-refractivity contribution is 5.70. The summed E-state index contributed by atoms with van der Waals surface area (Å²) >= 11 is 0. The van der Waals surface area contributed by atoms with Gasteiger partial charge in [-0.25, -0.2) is 4.79 Å². The van der Waals surface area contributed by atoms with Crippen LogP contribution in [0.15, 0.2) is 54.9 Å². The van der Waals surface area contributed by atoms with E-state index >= 15 is 0 Å². The van der Waals surface area contributed by atoms with Crippen molar-refractivity contribution in [3.63, 3.8) is 0 Å². The molecule has 0 aliphatic rings. The highest BCUT2D eigenvalue weighted by Crippen LogP contribution is 2.07. The van der Waals surface area contributed by atoms with Crippen LogP contribution in [-0.2, 0) is 6.54 Å². The third-order valence-corrected chi connectivity index (χ3v) is 2.81. The van der Waals surface area contributed by atoms with Gasteiger partial charge in [-0.1, -0.05) is 24.3 Å². The van der Waals surface area contributed by atoms with Crippen molar-refractivity contribution < 1.29 is 9.53 Å². The van der Waals surface area contributed by atoms with Gasteiger partial charge in [-0.2, -0.15) is 0 Å². The van der Waals surface area contributed by atoms with Crippen molar-refractivity contribution in [2.45, 2.75) is 13.0 Å². The summed E-state index contributed by atoms with van der Waals surface area (Å²) in [6, 6.07) is 13.0. The van der Waals surface area contributed by atoms with E-state index in [0.717, 1.165) is 25.1 Å². The van der Waals surface area contributed by atoms with E-state index in [1.165, 1.54) is 0 Å². The molecule has 1 aromatic carbocycles. The second kappa shape index (κ2) is 8.71. The third kappa shape index (κ3) is 6.05. The highest BCUT2D eigenvalue weighted by atomic mass is 16.5. The molecule has 2 rings (SSSR count). The standard InChI is InChI=1S/C16H19N3O2/c20-16(21-15-7-2-1-3-8-15)19-11-5-10-18-13-14-6-4-9-17-12-14/h1-4,6-9,12,18H,5,10-11,13H2,(H,19,20). The largest absolute Gasteiger partial charge is 0.412 e. The molecule has 2 aromatic rings. The number of hydrogen-bond acceptors (Lipinski definition) is 4. The van der Waals surface area contributed by atoms with Crippen molar-refractivity contribution in [2.75, 3.05) is 13.1 Å². The van der Waals surface area contributed by atoms with Crippen LogP contribution in [0.5, 0.6) is 5.75 Å². The summed E-state index contributed by atoms with van der Waals surface area (Å²) < 4.78 is 5.11. The molecule has 0 saturated heterocycles. The fourth-order valence-electron chi connectivity index (χ4n) is 1.77. The summed E-state index contributed by atoms with van der Waals surface area (Å²) in [5.74, 6) is 0.546. The third-order valence-electron chi connectivity index (χ3n) is 2.81. The average molecular weight is 285 g/mol. The highest BCUT2D eigenvalue weighted by Gasteiger charge is 2.02. The minimum atomic E-state index is -0.423. The van der Waals surface area contributed by atoms with Gasteiger partial charge in [0.2, 0.25) is 0 Å². The number of aromatic nitrogens is 1. The molecule has 0 fully saturated rings. The first-order valence-corrected chi connectivity index (χ1v) is 6.95. The molecule has 1 heterocycles. The van der Waals surface area contributed by atoms with E-state index in [0.29, 0.717) is 12.3 Å². The maximum Gasteiger partial charge on any atom is 0.412 e. The zero-order valence-electron chi connectivity index (χ0n) is 11.8. The number of amides is 1. The lowest BCUT2D eigenvalue weighted by Crippen LogP contribution is -2.29. The van der Waals surface area contributed by atoms with Crippen LogP contribution < -0.4 is 15.4 Å². The van der Waals surface area contributed by atoms with Crippen LogP contribution in [0.3, 0.4) is 0 Å². The molecular formula is C16H19N3O2. The normalized spacial score (nSPS) is 10.1. The summed E-state index contributed by atoms with van der Waals surface area (Å²) in [6.45, 7) is 2.18. The fraction of sp³-hybridized carbons (Fsp3) is 0.250. The quantitative estimate of drug-likeness (QED) is 0.767. The van der Waals surface area contributed by atoms with Gasteiger partial charge < -0.3 is 15.4 Å². The van der Waals surface area contributed by atoms with Gasteiger partial charge in [0.05, 0.1) is 0 Å². The molecule has 21 heavy (non-hydrogen) atoms. The van der Waals surface area contributed by atoms with E-state index in [4.69, 9.17) is 4.74 Å². The summed E-state index contributed by atoms with van der Waals surface area (Å²) in [4.78, 5) is 15.6. The van der Waals surface area contributed by atoms with Gasteiger partial charge in [0, 0.05) is 25.5 Å². The topological polar surface area (TPSA) is 63.2 Å². The van der Waals surface area contributed by atoms with E-state index in [9.17, 15) is 4.79 Å². The van der Waals surface area contributed by atoms with E-state index in [1.807, 2.05) is 36.5 Å². The van der Waals surface area contributed by atoms with E-state index in [-0.39, 0.29) is 0 Å². The second-order valence-corrected chi connectivity index (χ2v) is 4.52. The van der Waals surface area contributed by atoms with Crippen molar-refractivity contribution in [1.29, 1.82) is 0 Å². The number of pyridine rings is 1. The van der Waals surface area contributed by atoms with Crippen LogP contribution in [0, 0.1) is 0 Å². The molecule has 5 nitrogen and oxygen atoms in total. The van der Waals surface area contributed by atoms with Crippen molar-refractivity contribution in [3.8, 4) is 5.75 Å². The lowest BCUT2D eigenvalue weighted by Gasteiger charge is -2.07. The molecule has 1 aromatic heterocycles. The number of carbonyl (C=O) groups is 1. The van der Waals surface area contributed by atoms with Gasteiger partial charge in [0.25, 0.3) is 0 Å². The lowest BCUT2D eigenvalue weighted by molar-refractivity contribution is 0.200. The first-order chi connectivity index (χ1) is 10.3. The summed E-state index contributed by atoms with van der Waals surface area (Å²) in [7, 11) is 0. The maximum atomic E-state index is 11.5. The average Bonchev–Trinajstić information content (AvgIpc) is 2.53. The van der Waals surface area contributed by atoms with Gasteiger partial charge in [-0.3, -0.25) is 4.98 Å². The zero-order chi connectivity index (χ0) is 14.8. The molecule has 0 saturated carbocycles. The fourth-order valence-corrected chi connectivity index (χ4v) is 1.77. The Morgan fingerprint density at radius 2 is 1.95 bits per heavy atom. The molecule has 5 heteroatoms. The molecule has 0 bridgehead atoms. The van der Waals surface area contributed by atoms with E-state index < -0.39 is 6.09 Å². The van der Waals surface area contributed by atoms with Crippen LogP contribution in [0.4, 0.5) is 4.79 Å². The number of carbonyl (C=O) groups excluding carboxylic acids is 1. The number of para-hydroxylation sites is 1. The Labute approximate surface area is 124 Å². The predicted molar refractivity (Wildman–Crippen MR) is 81.0 cm³/mol. The second-order valence-electron chi connectivity index (χ2n) is 4.52. The van der Waals surface area contributed by atoms with Gasteiger partial charge in [-0.15, -0.1) is 0 Å². The van der Waals surface area contributed by atoms with Crippen LogP contribution in [0.25, 0.3) is 0 Å². The number of hydrogen-bond donors (Lipinski definition) is 2. The Morgan fingerprint density at radius 1 is 1.10 bits per heavy atom. The Bertz CT molecular complexity index is 532.